The molecule has 3 rings (SSSR count). The Kier molecular flexibility index (Phi) is 4.99. The van der Waals surface area contributed by atoms with Crippen LogP contribution in [0.1, 0.15) is 44.2 Å². The number of ether oxygens (including phenoxy) is 1. The fraction of sp³-hybridized carbons (Fsp3) is 0.647. The Bertz CT molecular complexity index is 464. The van der Waals surface area contributed by atoms with Gasteiger partial charge in [0.15, 0.2) is 0 Å². The topological polar surface area (TPSA) is 38.5 Å². The lowest BCUT2D eigenvalue weighted by Gasteiger charge is -2.44. The van der Waals surface area contributed by atoms with Crippen molar-refractivity contribution in [3.63, 3.8) is 0 Å². The van der Waals surface area contributed by atoms with E-state index in [1.807, 2.05) is 0 Å². The molecule has 0 amide bonds. The molecule has 2 N–H and O–H groups in total. The Labute approximate surface area is 136 Å². The first kappa shape index (κ1) is 15.5. The SMILES string of the molecule is CCC(N)C(c1ccc(Br)cc1)N1CCOC2CCCC21. The number of nitrogens with zero attached hydrogens (tertiary/aromatic N) is 1. The van der Waals surface area contributed by atoms with Gasteiger partial charge in [-0.1, -0.05) is 35.0 Å². The molecule has 21 heavy (non-hydrogen) atoms. The average molecular weight is 353 g/mol. The first-order valence-electron chi connectivity index (χ1n) is 8.09. The Morgan fingerprint density at radius 3 is 2.81 bits per heavy atom. The standard InChI is InChI=1S/C17H25BrN2O/c1-2-14(19)17(12-6-8-13(18)9-7-12)20-10-11-21-16-5-3-4-15(16)20/h6-9,14-17H,2-5,10-11,19H2,1H3. The zero-order valence-electron chi connectivity index (χ0n) is 12.7. The van der Waals surface area contributed by atoms with E-state index in [1.165, 1.54) is 24.8 Å². The summed E-state index contributed by atoms with van der Waals surface area (Å²) in [6.07, 6.45) is 5.14. The lowest BCUT2D eigenvalue weighted by molar-refractivity contribution is -0.0762. The maximum atomic E-state index is 6.51. The molecule has 2 aliphatic rings. The molecule has 1 saturated carbocycles. The third-order valence-electron chi connectivity index (χ3n) is 4.97. The first-order valence-corrected chi connectivity index (χ1v) is 8.88. The summed E-state index contributed by atoms with van der Waals surface area (Å²) in [7, 11) is 0. The van der Waals surface area contributed by atoms with Crippen LogP contribution in [0, 0.1) is 0 Å². The number of nitrogens with two attached hydrogens (primary N) is 1. The van der Waals surface area contributed by atoms with E-state index >= 15 is 0 Å². The predicted octanol–water partition coefficient (Wildman–Crippen LogP) is 3.48. The van der Waals surface area contributed by atoms with Gasteiger partial charge in [0, 0.05) is 23.1 Å². The zero-order chi connectivity index (χ0) is 14.8. The van der Waals surface area contributed by atoms with Crippen molar-refractivity contribution in [1.82, 2.24) is 4.90 Å². The summed E-state index contributed by atoms with van der Waals surface area (Å²) in [5.41, 5.74) is 7.84. The molecule has 1 saturated heterocycles. The van der Waals surface area contributed by atoms with E-state index in [-0.39, 0.29) is 6.04 Å². The van der Waals surface area contributed by atoms with Crippen molar-refractivity contribution in [3.05, 3.63) is 34.3 Å². The number of hydrogen-bond acceptors (Lipinski definition) is 3. The number of benzene rings is 1. The van der Waals surface area contributed by atoms with Gasteiger partial charge in [0.1, 0.15) is 0 Å². The summed E-state index contributed by atoms with van der Waals surface area (Å²) < 4.78 is 7.08. The Balaban J connectivity index is 1.89. The second kappa shape index (κ2) is 6.78. The smallest absolute Gasteiger partial charge is 0.0731 e. The molecule has 4 atom stereocenters. The van der Waals surface area contributed by atoms with Crippen molar-refractivity contribution in [2.24, 2.45) is 5.73 Å². The van der Waals surface area contributed by atoms with Crippen LogP contribution < -0.4 is 5.73 Å². The third-order valence-corrected chi connectivity index (χ3v) is 5.50. The van der Waals surface area contributed by atoms with Gasteiger partial charge in [0.05, 0.1) is 18.8 Å². The normalized spacial score (nSPS) is 29.1. The molecule has 0 aromatic heterocycles. The van der Waals surface area contributed by atoms with Crippen LogP contribution in [0.2, 0.25) is 0 Å². The number of fused-ring (bicyclic) bond motifs is 1. The van der Waals surface area contributed by atoms with Crippen LogP contribution in [0.5, 0.6) is 0 Å². The predicted molar refractivity (Wildman–Crippen MR) is 89.2 cm³/mol. The van der Waals surface area contributed by atoms with Gasteiger partial charge in [0.2, 0.25) is 0 Å². The van der Waals surface area contributed by atoms with E-state index in [9.17, 15) is 0 Å². The van der Waals surface area contributed by atoms with Crippen LogP contribution in [0.3, 0.4) is 0 Å². The third kappa shape index (κ3) is 3.19. The summed E-state index contributed by atoms with van der Waals surface area (Å²) in [5, 5.41) is 0. The van der Waals surface area contributed by atoms with Crippen molar-refractivity contribution >= 4 is 15.9 Å². The van der Waals surface area contributed by atoms with Crippen LogP contribution in [-0.2, 0) is 4.74 Å². The molecule has 1 heterocycles. The number of halogens is 1. The van der Waals surface area contributed by atoms with Crippen LogP contribution in [0.25, 0.3) is 0 Å². The molecule has 1 aromatic carbocycles. The molecule has 1 aromatic rings. The molecule has 1 aliphatic heterocycles. The fourth-order valence-corrected chi connectivity index (χ4v) is 4.13. The van der Waals surface area contributed by atoms with Gasteiger partial charge in [-0.2, -0.15) is 0 Å². The van der Waals surface area contributed by atoms with E-state index in [0.29, 0.717) is 18.2 Å². The number of hydrogen-bond donors (Lipinski definition) is 1. The molecule has 116 valence electrons. The lowest BCUT2D eigenvalue weighted by Crippen LogP contribution is -2.53. The molecule has 3 nitrogen and oxygen atoms in total. The van der Waals surface area contributed by atoms with Crippen LogP contribution in [-0.4, -0.2) is 36.2 Å². The van der Waals surface area contributed by atoms with E-state index in [0.717, 1.165) is 24.0 Å². The first-order chi connectivity index (χ1) is 10.2. The summed E-state index contributed by atoms with van der Waals surface area (Å²) in [6, 6.07) is 9.69. The summed E-state index contributed by atoms with van der Waals surface area (Å²) in [6.45, 7) is 4.02. The summed E-state index contributed by atoms with van der Waals surface area (Å²) in [5.74, 6) is 0. The molecular formula is C17H25BrN2O. The van der Waals surface area contributed by atoms with Crippen molar-refractivity contribution < 1.29 is 4.74 Å². The molecular weight excluding hydrogens is 328 g/mol. The van der Waals surface area contributed by atoms with Gasteiger partial charge in [-0.05, 0) is 43.4 Å². The van der Waals surface area contributed by atoms with Crippen LogP contribution in [0.15, 0.2) is 28.7 Å². The highest BCUT2D eigenvalue weighted by molar-refractivity contribution is 9.10. The van der Waals surface area contributed by atoms with Crippen molar-refractivity contribution in [3.8, 4) is 0 Å². The molecule has 1 aliphatic carbocycles. The van der Waals surface area contributed by atoms with Gasteiger partial charge < -0.3 is 10.5 Å². The maximum Gasteiger partial charge on any atom is 0.0731 e. The van der Waals surface area contributed by atoms with E-state index in [1.54, 1.807) is 0 Å². The van der Waals surface area contributed by atoms with Gasteiger partial charge in [-0.3, -0.25) is 4.90 Å². The zero-order valence-corrected chi connectivity index (χ0v) is 14.3. The highest BCUT2D eigenvalue weighted by Crippen LogP contribution is 2.37. The molecule has 2 fully saturated rings. The highest BCUT2D eigenvalue weighted by Gasteiger charge is 2.40. The minimum atomic E-state index is 0.172. The minimum Gasteiger partial charge on any atom is -0.375 e. The lowest BCUT2D eigenvalue weighted by atomic mass is 9.93. The van der Waals surface area contributed by atoms with E-state index < -0.39 is 0 Å². The molecule has 4 unspecified atom stereocenters. The van der Waals surface area contributed by atoms with Crippen LogP contribution >= 0.6 is 15.9 Å². The Hall–Kier alpha value is -0.420. The van der Waals surface area contributed by atoms with Crippen molar-refractivity contribution in [2.45, 2.75) is 56.8 Å². The fourth-order valence-electron chi connectivity index (χ4n) is 3.87. The molecule has 0 radical (unpaired) electrons. The van der Waals surface area contributed by atoms with E-state index in [2.05, 4.69) is 52.0 Å². The largest absolute Gasteiger partial charge is 0.375 e. The molecule has 4 heteroatoms. The quantitative estimate of drug-likeness (QED) is 0.901. The molecule has 0 bridgehead atoms. The van der Waals surface area contributed by atoms with Gasteiger partial charge >= 0.3 is 0 Å². The molecule has 0 spiro atoms. The Morgan fingerprint density at radius 1 is 1.33 bits per heavy atom. The number of rotatable bonds is 4. The monoisotopic (exact) mass is 352 g/mol. The van der Waals surface area contributed by atoms with Gasteiger partial charge in [-0.25, -0.2) is 0 Å². The minimum absolute atomic E-state index is 0.172. The number of morpholine rings is 1. The second-order valence-electron chi connectivity index (χ2n) is 6.21. The summed E-state index contributed by atoms with van der Waals surface area (Å²) in [4.78, 5) is 2.62. The van der Waals surface area contributed by atoms with Crippen molar-refractivity contribution in [1.29, 1.82) is 0 Å². The van der Waals surface area contributed by atoms with E-state index in [4.69, 9.17) is 10.5 Å². The maximum absolute atomic E-state index is 6.51. The van der Waals surface area contributed by atoms with Crippen molar-refractivity contribution in [2.75, 3.05) is 13.2 Å². The Morgan fingerprint density at radius 2 is 2.10 bits per heavy atom. The van der Waals surface area contributed by atoms with Crippen LogP contribution in [0.4, 0.5) is 0 Å². The second-order valence-corrected chi connectivity index (χ2v) is 7.13. The average Bonchev–Trinajstić information content (AvgIpc) is 2.98. The van der Waals surface area contributed by atoms with Gasteiger partial charge in [-0.15, -0.1) is 0 Å². The highest BCUT2D eigenvalue weighted by atomic mass is 79.9. The van der Waals surface area contributed by atoms with Gasteiger partial charge in [0.25, 0.3) is 0 Å². The summed E-state index contributed by atoms with van der Waals surface area (Å²) >= 11 is 3.52.